The van der Waals surface area contributed by atoms with E-state index in [1.807, 2.05) is 4.90 Å². The minimum Gasteiger partial charge on any atom is -0.476 e. The summed E-state index contributed by atoms with van der Waals surface area (Å²) in [6.07, 6.45) is 1.54. The third-order valence-electron chi connectivity index (χ3n) is 4.11. The van der Waals surface area contributed by atoms with E-state index in [2.05, 4.69) is 14.9 Å². The molecular formula is C18H22ClFIN5O. The third-order valence-corrected chi connectivity index (χ3v) is 4.33. The van der Waals surface area contributed by atoms with E-state index in [9.17, 15) is 4.39 Å². The van der Waals surface area contributed by atoms with E-state index in [-0.39, 0.29) is 29.8 Å². The van der Waals surface area contributed by atoms with Crippen molar-refractivity contribution >= 4 is 47.2 Å². The van der Waals surface area contributed by atoms with Gasteiger partial charge in [-0.3, -0.25) is 0 Å². The van der Waals surface area contributed by atoms with Gasteiger partial charge < -0.3 is 20.3 Å². The number of aliphatic imine (C=N–C) groups is 1. The number of anilines is 1. The van der Waals surface area contributed by atoms with Crippen molar-refractivity contribution in [2.45, 2.75) is 0 Å². The Morgan fingerprint density at radius 2 is 1.85 bits per heavy atom. The van der Waals surface area contributed by atoms with E-state index in [4.69, 9.17) is 22.1 Å². The van der Waals surface area contributed by atoms with Gasteiger partial charge in [0.05, 0.1) is 11.6 Å². The van der Waals surface area contributed by atoms with Crippen LogP contribution in [0.25, 0.3) is 0 Å². The monoisotopic (exact) mass is 505 g/mol. The van der Waals surface area contributed by atoms with Crippen LogP contribution in [0.5, 0.6) is 5.88 Å². The average molecular weight is 506 g/mol. The molecule has 0 spiro atoms. The van der Waals surface area contributed by atoms with Crippen molar-refractivity contribution in [1.29, 1.82) is 0 Å². The van der Waals surface area contributed by atoms with Gasteiger partial charge in [0.2, 0.25) is 5.88 Å². The van der Waals surface area contributed by atoms with Crippen LogP contribution < -0.4 is 15.4 Å². The summed E-state index contributed by atoms with van der Waals surface area (Å²) < 4.78 is 18.5. The molecule has 1 saturated heterocycles. The first kappa shape index (κ1) is 21.5. The van der Waals surface area contributed by atoms with Crippen molar-refractivity contribution < 1.29 is 9.13 Å². The Morgan fingerprint density at radius 3 is 2.48 bits per heavy atom. The van der Waals surface area contributed by atoms with Crippen LogP contribution in [-0.4, -0.2) is 55.2 Å². The van der Waals surface area contributed by atoms with Gasteiger partial charge in [0, 0.05) is 44.1 Å². The van der Waals surface area contributed by atoms with Gasteiger partial charge in [0.25, 0.3) is 0 Å². The first-order chi connectivity index (χ1) is 12.6. The number of piperazine rings is 1. The normalized spacial score (nSPS) is 14.7. The quantitative estimate of drug-likeness (QED) is 0.293. The fourth-order valence-electron chi connectivity index (χ4n) is 2.70. The molecule has 2 N–H and O–H groups in total. The molecule has 27 heavy (non-hydrogen) atoms. The smallest absolute Gasteiger partial charge is 0.213 e. The molecule has 2 heterocycles. The SMILES string of the molecule is I.NC(=NCCOc1ccc(Cl)cn1)N1CCN(c2ccc(F)cc2)CC1. The highest BCUT2D eigenvalue weighted by molar-refractivity contribution is 14.0. The lowest BCUT2D eigenvalue weighted by Gasteiger charge is -2.36. The Kier molecular flexibility index (Phi) is 8.36. The Hall–Kier alpha value is -1.81. The second-order valence-corrected chi connectivity index (χ2v) is 6.29. The van der Waals surface area contributed by atoms with Gasteiger partial charge in [-0.1, -0.05) is 11.6 Å². The Bertz CT molecular complexity index is 736. The van der Waals surface area contributed by atoms with Crippen LogP contribution in [0.4, 0.5) is 10.1 Å². The van der Waals surface area contributed by atoms with Gasteiger partial charge in [0.15, 0.2) is 5.96 Å². The Balaban J connectivity index is 0.00000261. The molecule has 2 aromatic rings. The third kappa shape index (κ3) is 6.39. The van der Waals surface area contributed by atoms with E-state index in [1.165, 1.54) is 18.3 Å². The molecule has 6 nitrogen and oxygen atoms in total. The number of hydrogen-bond acceptors (Lipinski definition) is 4. The fourth-order valence-corrected chi connectivity index (χ4v) is 2.82. The number of rotatable bonds is 5. The van der Waals surface area contributed by atoms with E-state index >= 15 is 0 Å². The van der Waals surface area contributed by atoms with Crippen LogP contribution in [0.3, 0.4) is 0 Å². The lowest BCUT2D eigenvalue weighted by Crippen LogP contribution is -2.51. The first-order valence-electron chi connectivity index (χ1n) is 8.41. The van der Waals surface area contributed by atoms with E-state index < -0.39 is 0 Å². The summed E-state index contributed by atoms with van der Waals surface area (Å²) in [5, 5.41) is 0.569. The molecule has 1 aromatic heterocycles. The molecule has 1 aromatic carbocycles. The number of ether oxygens (including phenoxy) is 1. The van der Waals surface area contributed by atoms with Crippen molar-refractivity contribution in [2.75, 3.05) is 44.2 Å². The molecule has 1 fully saturated rings. The second kappa shape index (κ2) is 10.5. The molecule has 0 aliphatic carbocycles. The zero-order chi connectivity index (χ0) is 18.4. The van der Waals surface area contributed by atoms with Gasteiger partial charge in [-0.2, -0.15) is 0 Å². The molecule has 0 amide bonds. The molecule has 0 atom stereocenters. The summed E-state index contributed by atoms with van der Waals surface area (Å²) in [4.78, 5) is 12.7. The van der Waals surface area contributed by atoms with Crippen LogP contribution in [-0.2, 0) is 0 Å². The number of aromatic nitrogens is 1. The topological polar surface area (TPSA) is 67.0 Å². The molecule has 1 aliphatic rings. The van der Waals surface area contributed by atoms with Crippen molar-refractivity contribution in [3.63, 3.8) is 0 Å². The fraction of sp³-hybridized carbons (Fsp3) is 0.333. The van der Waals surface area contributed by atoms with Gasteiger partial charge >= 0.3 is 0 Å². The number of pyridine rings is 1. The van der Waals surface area contributed by atoms with Crippen molar-refractivity contribution in [1.82, 2.24) is 9.88 Å². The van der Waals surface area contributed by atoms with E-state index in [0.717, 1.165) is 31.9 Å². The maximum Gasteiger partial charge on any atom is 0.213 e. The van der Waals surface area contributed by atoms with Crippen molar-refractivity contribution in [3.05, 3.63) is 53.4 Å². The van der Waals surface area contributed by atoms with Crippen LogP contribution in [0, 0.1) is 5.82 Å². The Labute approximate surface area is 180 Å². The van der Waals surface area contributed by atoms with Crippen molar-refractivity contribution in [3.8, 4) is 5.88 Å². The Morgan fingerprint density at radius 1 is 1.15 bits per heavy atom. The lowest BCUT2D eigenvalue weighted by atomic mass is 10.2. The van der Waals surface area contributed by atoms with Gasteiger partial charge in [0.1, 0.15) is 12.4 Å². The lowest BCUT2D eigenvalue weighted by molar-refractivity contribution is 0.314. The van der Waals surface area contributed by atoms with Gasteiger partial charge in [-0.25, -0.2) is 14.4 Å². The van der Waals surface area contributed by atoms with E-state index in [1.54, 1.807) is 24.3 Å². The standard InChI is InChI=1S/C18H21ClFN5O.HI/c19-14-1-6-17(23-13-14)26-12-7-22-18(21)25-10-8-24(9-11-25)16-4-2-15(20)3-5-16;/h1-6,13H,7-12H2,(H2,21,22);1H. The predicted molar refractivity (Wildman–Crippen MR) is 117 cm³/mol. The van der Waals surface area contributed by atoms with Crippen LogP contribution >= 0.6 is 35.6 Å². The van der Waals surface area contributed by atoms with Gasteiger partial charge in [-0.15, -0.1) is 24.0 Å². The highest BCUT2D eigenvalue weighted by atomic mass is 127. The number of guanidine groups is 1. The van der Waals surface area contributed by atoms with E-state index in [0.29, 0.717) is 30.0 Å². The summed E-state index contributed by atoms with van der Waals surface area (Å²) in [6.45, 7) is 4.01. The minimum absolute atomic E-state index is 0. The molecule has 9 heteroatoms. The number of benzene rings is 1. The maximum atomic E-state index is 13.0. The number of hydrogen-bond donors (Lipinski definition) is 1. The minimum atomic E-state index is -0.222. The number of halogens is 3. The zero-order valence-electron chi connectivity index (χ0n) is 14.7. The van der Waals surface area contributed by atoms with Crippen LogP contribution in [0.2, 0.25) is 5.02 Å². The molecule has 146 valence electrons. The zero-order valence-corrected chi connectivity index (χ0v) is 17.8. The average Bonchev–Trinajstić information content (AvgIpc) is 2.67. The number of nitrogens with zero attached hydrogens (tertiary/aromatic N) is 4. The molecule has 0 unspecified atom stereocenters. The predicted octanol–water partition coefficient (Wildman–Crippen LogP) is 3.01. The molecule has 1 aliphatic heterocycles. The highest BCUT2D eigenvalue weighted by Gasteiger charge is 2.18. The largest absolute Gasteiger partial charge is 0.476 e. The maximum absolute atomic E-state index is 13.0. The molecule has 3 rings (SSSR count). The van der Waals surface area contributed by atoms with Gasteiger partial charge in [-0.05, 0) is 30.3 Å². The highest BCUT2D eigenvalue weighted by Crippen LogP contribution is 2.16. The summed E-state index contributed by atoms with van der Waals surface area (Å²) in [5.41, 5.74) is 7.09. The van der Waals surface area contributed by atoms with Crippen LogP contribution in [0.1, 0.15) is 0 Å². The molecule has 0 radical (unpaired) electrons. The second-order valence-electron chi connectivity index (χ2n) is 5.85. The molecule has 0 bridgehead atoms. The summed E-state index contributed by atoms with van der Waals surface area (Å²) in [6, 6.07) is 9.99. The summed E-state index contributed by atoms with van der Waals surface area (Å²) in [7, 11) is 0. The van der Waals surface area contributed by atoms with Crippen molar-refractivity contribution in [2.24, 2.45) is 10.7 Å². The molecule has 0 saturated carbocycles. The van der Waals surface area contributed by atoms with Crippen LogP contribution in [0.15, 0.2) is 47.6 Å². The summed E-state index contributed by atoms with van der Waals surface area (Å²) >= 11 is 5.77. The molecular weight excluding hydrogens is 484 g/mol. The number of nitrogens with two attached hydrogens (primary N) is 1. The first-order valence-corrected chi connectivity index (χ1v) is 8.79. The summed E-state index contributed by atoms with van der Waals surface area (Å²) in [5.74, 6) is 0.798.